The third-order valence-electron chi connectivity index (χ3n) is 2.99. The molecule has 34 heavy (non-hydrogen) atoms. The minimum Gasteiger partial charge on any atom is -0.590 e. The lowest BCUT2D eigenvalue weighted by Gasteiger charge is -2.27. The van der Waals surface area contributed by atoms with Gasteiger partial charge in [0, 0.05) is 10.4 Å². The van der Waals surface area contributed by atoms with Gasteiger partial charge in [-0.25, -0.2) is 22.2 Å². The van der Waals surface area contributed by atoms with Gasteiger partial charge in [-0.05, 0) is 20.9 Å². The number of amidine groups is 2. The summed E-state index contributed by atoms with van der Waals surface area (Å²) in [5, 5.41) is 111. The lowest BCUT2D eigenvalue weighted by atomic mass is 10.5. The summed E-state index contributed by atoms with van der Waals surface area (Å²) in [7, 11) is 0. The van der Waals surface area contributed by atoms with Crippen LogP contribution in [0.5, 0.6) is 0 Å². The molecule has 2 aromatic rings. The van der Waals surface area contributed by atoms with Crippen LogP contribution in [0, 0.1) is 10.4 Å². The maximum atomic E-state index is 11.4. The number of tetrazole rings is 2. The van der Waals surface area contributed by atoms with Crippen molar-refractivity contribution in [3.63, 3.8) is 0 Å². The number of rotatable bonds is 2. The predicted octanol–water partition coefficient (Wildman–Crippen LogP) is -7.54. The summed E-state index contributed by atoms with van der Waals surface area (Å²) in [6.07, 6.45) is -4.25. The van der Waals surface area contributed by atoms with E-state index >= 15 is 0 Å². The van der Waals surface area contributed by atoms with Crippen LogP contribution in [0.3, 0.4) is 0 Å². The molecule has 28 nitrogen and oxygen atoms in total. The van der Waals surface area contributed by atoms with Crippen molar-refractivity contribution in [2.45, 2.75) is 0 Å². The molecule has 2 aromatic heterocycles. The van der Waals surface area contributed by atoms with E-state index in [1.807, 2.05) is 0 Å². The number of hydroxylamine groups is 4. The van der Waals surface area contributed by atoms with Crippen LogP contribution in [-0.2, 0) is 0 Å². The van der Waals surface area contributed by atoms with Crippen molar-refractivity contribution in [2.24, 2.45) is 31.1 Å². The summed E-state index contributed by atoms with van der Waals surface area (Å²) in [6, 6.07) is 0. The maximum absolute atomic E-state index is 11.4. The Balaban J connectivity index is 0.000000297. The van der Waals surface area contributed by atoms with Crippen LogP contribution in [0.2, 0.25) is 0 Å². The number of hydrogen-bond donors (Lipinski definition) is 6. The Morgan fingerprint density at radius 3 is 1.29 bits per heavy atom. The Labute approximate surface area is 181 Å². The molecule has 184 valence electrons. The normalized spacial score (nSPS) is 21.7. The van der Waals surface area contributed by atoms with Gasteiger partial charge in [0.15, 0.2) is 0 Å². The molecule has 0 saturated heterocycles. The first-order valence-electron chi connectivity index (χ1n) is 7.35. The summed E-state index contributed by atoms with van der Waals surface area (Å²) in [4.78, 5) is 21.1. The topological polar surface area (TPSA) is 424 Å². The zero-order valence-corrected chi connectivity index (χ0v) is 15.8. The number of quaternary nitrogens is 4. The van der Waals surface area contributed by atoms with E-state index in [1.165, 1.54) is 0 Å². The summed E-state index contributed by atoms with van der Waals surface area (Å²) in [5.41, 5.74) is 0. The Kier molecular flexibility index (Phi) is 8.69. The highest BCUT2D eigenvalue weighted by Gasteiger charge is 2.40. The first kappa shape index (κ1) is 26.9. The fourth-order valence-corrected chi connectivity index (χ4v) is 1.68. The van der Waals surface area contributed by atoms with Crippen molar-refractivity contribution in [1.82, 2.24) is 40.7 Å². The van der Waals surface area contributed by atoms with E-state index in [9.17, 15) is 30.2 Å². The van der Waals surface area contributed by atoms with Gasteiger partial charge in [-0.2, -0.15) is 0 Å². The summed E-state index contributed by atoms with van der Waals surface area (Å²) >= 11 is 0. The molecule has 10 N–H and O–H groups in total. The van der Waals surface area contributed by atoms with E-state index in [0.717, 1.165) is 0 Å². The average Bonchev–Trinajstić information content (AvgIpc) is 3.60. The predicted molar refractivity (Wildman–Crippen MR) is 80.2 cm³/mol. The zero-order valence-electron chi connectivity index (χ0n) is 15.8. The molecular formula is C6H10N18O10. The Hall–Kier alpha value is -5.10. The van der Waals surface area contributed by atoms with E-state index in [1.54, 1.807) is 0 Å². The molecule has 2 atom stereocenters. The monoisotopic (exact) mass is 494 g/mol. The van der Waals surface area contributed by atoms with Gasteiger partial charge in [0.1, 0.15) is 0 Å². The Morgan fingerprint density at radius 1 is 0.735 bits per heavy atom. The largest absolute Gasteiger partial charge is 0.590 e. The second-order valence-electron chi connectivity index (χ2n) is 4.67. The van der Waals surface area contributed by atoms with Gasteiger partial charge < -0.3 is 40.6 Å². The lowest BCUT2D eigenvalue weighted by Crippen LogP contribution is -2.53. The zero-order chi connectivity index (χ0) is 26.1. The van der Waals surface area contributed by atoms with Crippen LogP contribution in [-0.4, -0.2) is 94.9 Å². The van der Waals surface area contributed by atoms with Crippen LogP contribution in [0.4, 0.5) is 9.59 Å². The molecule has 0 aromatic carbocycles. The van der Waals surface area contributed by atoms with E-state index in [2.05, 4.69) is 73.9 Å². The van der Waals surface area contributed by atoms with E-state index in [4.69, 9.17) is 20.8 Å². The smallest absolute Gasteiger partial charge is 0.334 e. The summed E-state index contributed by atoms with van der Waals surface area (Å²) in [6.45, 7) is 0. The fourth-order valence-electron chi connectivity index (χ4n) is 1.68. The van der Waals surface area contributed by atoms with E-state index in [0.29, 0.717) is 0 Å². The first-order valence-corrected chi connectivity index (χ1v) is 7.35. The van der Waals surface area contributed by atoms with Gasteiger partial charge in [-0.1, -0.05) is 30.1 Å². The van der Waals surface area contributed by atoms with Gasteiger partial charge in [0.25, 0.3) is 12.2 Å². The highest BCUT2D eigenvalue weighted by molar-refractivity contribution is 5.95. The van der Waals surface area contributed by atoms with Crippen LogP contribution in [0.25, 0.3) is 0 Å². The quantitative estimate of drug-likeness (QED) is 0.0976. The minimum absolute atomic E-state index is 0.0725. The second-order valence-corrected chi connectivity index (χ2v) is 4.67. The number of carbonyl (C=O) groups excluding carboxylic acids is 2. The number of hydrogen-bond acceptors (Lipinski definition) is 22. The summed E-state index contributed by atoms with van der Waals surface area (Å²) < 4.78 is -4.66. The van der Waals surface area contributed by atoms with Gasteiger partial charge in [-0.15, -0.1) is 9.51 Å². The van der Waals surface area contributed by atoms with E-state index < -0.39 is 45.0 Å². The number of amides is 2. The number of carbonyl (C=O) groups is 2. The van der Waals surface area contributed by atoms with Crippen molar-refractivity contribution in [1.29, 1.82) is 0 Å². The average molecular weight is 494 g/mol. The van der Waals surface area contributed by atoms with Crippen molar-refractivity contribution in [3.05, 3.63) is 22.1 Å². The third kappa shape index (κ3) is 4.87. The van der Waals surface area contributed by atoms with Gasteiger partial charge in [-0.3, -0.25) is 0 Å². The van der Waals surface area contributed by atoms with Crippen LogP contribution in [0.15, 0.2) is 31.1 Å². The van der Waals surface area contributed by atoms with Crippen molar-refractivity contribution in [3.8, 4) is 0 Å². The molecule has 0 spiro atoms. The van der Waals surface area contributed by atoms with Crippen LogP contribution in [0.1, 0.15) is 11.6 Å². The molecule has 2 aliphatic rings. The van der Waals surface area contributed by atoms with Gasteiger partial charge in [0.05, 0.1) is 10.4 Å². The molecule has 2 amide bonds. The highest BCUT2D eigenvalue weighted by Crippen LogP contribution is 2.19. The van der Waals surface area contributed by atoms with Gasteiger partial charge >= 0.3 is 23.3 Å². The fraction of sp³-hybridized carbons (Fsp3) is 0. The molecule has 4 rings (SSSR count). The molecule has 0 bridgehead atoms. The molecule has 28 heteroatoms. The van der Waals surface area contributed by atoms with E-state index in [-0.39, 0.29) is 9.69 Å². The molecule has 4 heterocycles. The molecule has 2 unspecified atom stereocenters. The molecule has 0 aliphatic carbocycles. The highest BCUT2D eigenvalue weighted by atomic mass is 16.7. The summed E-state index contributed by atoms with van der Waals surface area (Å²) in [5.74, 6) is 1.73. The Bertz CT molecular complexity index is 1050. The van der Waals surface area contributed by atoms with Crippen molar-refractivity contribution in [2.75, 3.05) is 0 Å². The Morgan fingerprint density at radius 2 is 1.06 bits per heavy atom. The SMILES string of the molecule is O=C([O-])[N+]1([O-])N=NN=C1c1nnnn1O.O=C([O-])[N+]1([O-])N=NN=C1c1nnnn1O.[NH3+]O.[NH3+]O. The lowest BCUT2D eigenvalue weighted by molar-refractivity contribution is -0.748. The number of aromatic nitrogens is 8. The standard InChI is InChI=1S/2C3H2N8O4.2H4NO/c2*12-3(13)11(15)2(5-7-9-11)1-4-6-8-10(1)14;2*1-2/h2*14H,(H,12,13);2*2H,1H3/q;;2*+1/p-2. The van der Waals surface area contributed by atoms with Crippen LogP contribution < -0.4 is 22.0 Å². The third-order valence-corrected chi connectivity index (χ3v) is 2.99. The van der Waals surface area contributed by atoms with Crippen LogP contribution >= 0.6 is 0 Å². The number of nitrogens with zero attached hydrogens (tertiary/aromatic N) is 16. The minimum atomic E-state index is -2.33. The molecule has 2 aliphatic heterocycles. The molecule has 0 fully saturated rings. The van der Waals surface area contributed by atoms with Crippen molar-refractivity contribution >= 4 is 23.9 Å². The molecular weight excluding hydrogens is 484 g/mol. The molecule has 0 saturated carbocycles. The second kappa shape index (κ2) is 11.0. The van der Waals surface area contributed by atoms with Gasteiger partial charge in [0.2, 0.25) is 0 Å². The number of carboxylic acid groups (broad SMARTS) is 2. The maximum Gasteiger partial charge on any atom is 0.334 e. The van der Waals surface area contributed by atoms with Crippen molar-refractivity contribution < 1.29 is 61.9 Å². The first-order chi connectivity index (χ1) is 16.1. The molecule has 0 radical (unpaired) electrons.